The van der Waals surface area contributed by atoms with Crippen molar-refractivity contribution >= 4 is 0 Å². The zero-order chi connectivity index (χ0) is 8.81. The Balaban J connectivity index is 2.76. The molecule has 2 N–H and O–H groups in total. The number of nitrogens with two attached hydrogens (primary N) is 1. The summed E-state index contributed by atoms with van der Waals surface area (Å²) in [5.74, 6) is 0. The lowest BCUT2D eigenvalue weighted by molar-refractivity contribution is 0.953. The first-order valence-corrected chi connectivity index (χ1v) is 3.93. The summed E-state index contributed by atoms with van der Waals surface area (Å²) >= 11 is 0. The smallest absolute Gasteiger partial charge is 0.0625 e. The Hall–Kier alpha value is -1.33. The highest BCUT2D eigenvalue weighted by molar-refractivity contribution is 5.26. The Morgan fingerprint density at radius 2 is 2.33 bits per heavy atom. The highest BCUT2D eigenvalue weighted by Gasteiger charge is 1.98. The van der Waals surface area contributed by atoms with Crippen LogP contribution in [0.3, 0.4) is 0 Å². The van der Waals surface area contributed by atoms with Gasteiger partial charge >= 0.3 is 0 Å². The van der Waals surface area contributed by atoms with Gasteiger partial charge in [0.15, 0.2) is 0 Å². The van der Waals surface area contributed by atoms with Crippen LogP contribution in [0.2, 0.25) is 0 Å². The molecule has 12 heavy (non-hydrogen) atoms. The Kier molecular flexibility index (Phi) is 3.31. The van der Waals surface area contributed by atoms with Gasteiger partial charge in [0.25, 0.3) is 0 Å². The van der Waals surface area contributed by atoms with E-state index in [1.165, 1.54) is 0 Å². The lowest BCUT2D eigenvalue weighted by Crippen LogP contribution is -2.00. The fourth-order valence-electron chi connectivity index (χ4n) is 1.12. The van der Waals surface area contributed by atoms with Crippen LogP contribution in [0, 0.1) is 17.4 Å². The van der Waals surface area contributed by atoms with Gasteiger partial charge in [-0.25, -0.2) is 0 Å². The third-order valence-electron chi connectivity index (χ3n) is 1.78. The van der Waals surface area contributed by atoms with Gasteiger partial charge < -0.3 is 5.73 Å². The van der Waals surface area contributed by atoms with Gasteiger partial charge in [-0.15, -0.1) is 0 Å². The summed E-state index contributed by atoms with van der Waals surface area (Å²) in [5.41, 5.74) is 7.77. The SMILES string of the molecule is N#CCCc1cc[c]cc1CN. The number of hydrogen-bond acceptors (Lipinski definition) is 2. The molecule has 2 nitrogen and oxygen atoms in total. The molecule has 1 rings (SSSR count). The van der Waals surface area contributed by atoms with E-state index in [4.69, 9.17) is 11.0 Å². The lowest BCUT2D eigenvalue weighted by atomic mass is 10.0. The average molecular weight is 159 g/mol. The molecule has 0 bridgehead atoms. The molecule has 1 aromatic rings. The summed E-state index contributed by atoms with van der Waals surface area (Å²) in [6.45, 7) is 0.526. The molecule has 0 aliphatic heterocycles. The van der Waals surface area contributed by atoms with Crippen LogP contribution < -0.4 is 5.73 Å². The van der Waals surface area contributed by atoms with Crippen LogP contribution >= 0.6 is 0 Å². The Bertz CT molecular complexity index is 286. The van der Waals surface area contributed by atoms with Crippen molar-refractivity contribution in [1.29, 1.82) is 5.26 Å². The molecule has 0 amide bonds. The molecule has 0 aromatic heterocycles. The van der Waals surface area contributed by atoms with Crippen molar-refractivity contribution < 1.29 is 0 Å². The van der Waals surface area contributed by atoms with E-state index < -0.39 is 0 Å². The summed E-state index contributed by atoms with van der Waals surface area (Å²) in [5, 5.41) is 8.40. The third kappa shape index (κ3) is 2.08. The van der Waals surface area contributed by atoms with Crippen LogP contribution in [0.15, 0.2) is 18.2 Å². The van der Waals surface area contributed by atoms with Gasteiger partial charge in [-0.2, -0.15) is 5.26 Å². The molecule has 0 aliphatic rings. The molecule has 0 saturated carbocycles. The maximum absolute atomic E-state index is 8.40. The lowest BCUT2D eigenvalue weighted by Gasteiger charge is -2.03. The van der Waals surface area contributed by atoms with Gasteiger partial charge in [-0.05, 0) is 29.7 Å². The molecule has 0 aliphatic carbocycles. The summed E-state index contributed by atoms with van der Waals surface area (Å²) in [6, 6.07) is 10.8. The molecule has 0 heterocycles. The van der Waals surface area contributed by atoms with Crippen molar-refractivity contribution in [2.45, 2.75) is 19.4 Å². The summed E-state index contributed by atoms with van der Waals surface area (Å²) in [4.78, 5) is 0. The van der Waals surface area contributed by atoms with Crippen LogP contribution in [0.1, 0.15) is 17.5 Å². The van der Waals surface area contributed by atoms with E-state index in [0.29, 0.717) is 13.0 Å². The van der Waals surface area contributed by atoms with Crippen LogP contribution in [0.25, 0.3) is 0 Å². The van der Waals surface area contributed by atoms with Crippen molar-refractivity contribution in [3.8, 4) is 6.07 Å². The second-order valence-corrected chi connectivity index (χ2v) is 2.56. The van der Waals surface area contributed by atoms with Crippen molar-refractivity contribution in [2.24, 2.45) is 5.73 Å². The van der Waals surface area contributed by atoms with E-state index in [1.807, 2.05) is 18.2 Å². The molecular formula is C10H11N2. The molecular weight excluding hydrogens is 148 g/mol. The molecule has 1 radical (unpaired) electrons. The van der Waals surface area contributed by atoms with Crippen molar-refractivity contribution in [3.05, 3.63) is 35.4 Å². The third-order valence-corrected chi connectivity index (χ3v) is 1.78. The monoisotopic (exact) mass is 159 g/mol. The van der Waals surface area contributed by atoms with E-state index >= 15 is 0 Å². The van der Waals surface area contributed by atoms with Crippen molar-refractivity contribution in [3.63, 3.8) is 0 Å². The molecule has 0 spiro atoms. The van der Waals surface area contributed by atoms with Crippen molar-refractivity contribution in [2.75, 3.05) is 0 Å². The fourth-order valence-corrected chi connectivity index (χ4v) is 1.12. The largest absolute Gasteiger partial charge is 0.326 e. The number of benzene rings is 1. The van der Waals surface area contributed by atoms with Crippen LogP contribution in [0.5, 0.6) is 0 Å². The maximum atomic E-state index is 8.40. The molecule has 1 aromatic carbocycles. The second kappa shape index (κ2) is 4.53. The predicted octanol–water partition coefficient (Wildman–Crippen LogP) is 1.40. The summed E-state index contributed by atoms with van der Waals surface area (Å²) in [6.07, 6.45) is 1.34. The first-order chi connectivity index (χ1) is 5.88. The molecule has 0 fully saturated rings. The van der Waals surface area contributed by atoms with Gasteiger partial charge in [-0.3, -0.25) is 0 Å². The topological polar surface area (TPSA) is 49.8 Å². The van der Waals surface area contributed by atoms with Gasteiger partial charge in [-0.1, -0.05) is 12.1 Å². The Morgan fingerprint density at radius 1 is 1.50 bits per heavy atom. The minimum atomic E-state index is 0.526. The molecule has 61 valence electrons. The summed E-state index contributed by atoms with van der Waals surface area (Å²) in [7, 11) is 0. The van der Waals surface area contributed by atoms with Crippen molar-refractivity contribution in [1.82, 2.24) is 0 Å². The number of rotatable bonds is 3. The van der Waals surface area contributed by atoms with Crippen LogP contribution in [-0.4, -0.2) is 0 Å². The number of nitrogens with zero attached hydrogens (tertiary/aromatic N) is 1. The minimum absolute atomic E-state index is 0.526. The number of nitriles is 1. The van der Waals surface area contributed by atoms with E-state index in [2.05, 4.69) is 12.1 Å². The first-order valence-electron chi connectivity index (χ1n) is 3.93. The maximum Gasteiger partial charge on any atom is 0.0625 e. The molecule has 2 heteroatoms. The highest BCUT2D eigenvalue weighted by atomic mass is 14.5. The number of hydrogen-bond donors (Lipinski definition) is 1. The predicted molar refractivity (Wildman–Crippen MR) is 47.1 cm³/mol. The average Bonchev–Trinajstić information content (AvgIpc) is 2.15. The Morgan fingerprint density at radius 3 is 3.00 bits per heavy atom. The van der Waals surface area contributed by atoms with Gasteiger partial charge in [0.2, 0.25) is 0 Å². The highest BCUT2D eigenvalue weighted by Crippen LogP contribution is 2.09. The second-order valence-electron chi connectivity index (χ2n) is 2.56. The molecule has 0 unspecified atom stereocenters. The van der Waals surface area contributed by atoms with E-state index in [1.54, 1.807) is 0 Å². The van der Waals surface area contributed by atoms with Crippen LogP contribution in [0.4, 0.5) is 0 Å². The standard InChI is InChI=1S/C10H11N2/c11-7-3-6-9-4-1-2-5-10(9)8-12/h1,4-5H,3,6,8,12H2. The van der Waals surface area contributed by atoms with Gasteiger partial charge in [0.05, 0.1) is 6.07 Å². The minimum Gasteiger partial charge on any atom is -0.326 e. The Labute approximate surface area is 72.6 Å². The summed E-state index contributed by atoms with van der Waals surface area (Å²) < 4.78 is 0. The first kappa shape index (κ1) is 8.76. The van der Waals surface area contributed by atoms with Gasteiger partial charge in [0.1, 0.15) is 0 Å². The fraction of sp³-hybridized carbons (Fsp3) is 0.300. The zero-order valence-electron chi connectivity index (χ0n) is 6.88. The van der Waals surface area contributed by atoms with E-state index in [0.717, 1.165) is 17.5 Å². The molecule has 0 saturated heterocycles. The molecule has 0 atom stereocenters. The van der Waals surface area contributed by atoms with E-state index in [-0.39, 0.29) is 0 Å². The number of aryl methyl sites for hydroxylation is 1. The van der Waals surface area contributed by atoms with Gasteiger partial charge in [0, 0.05) is 13.0 Å². The van der Waals surface area contributed by atoms with E-state index in [9.17, 15) is 0 Å². The van der Waals surface area contributed by atoms with Crippen LogP contribution in [-0.2, 0) is 13.0 Å². The zero-order valence-corrected chi connectivity index (χ0v) is 6.88. The normalized spacial score (nSPS) is 9.33. The quantitative estimate of drug-likeness (QED) is 0.724.